The Kier molecular flexibility index (Phi) is 4.07. The van der Waals surface area contributed by atoms with E-state index in [1.807, 2.05) is 0 Å². The summed E-state index contributed by atoms with van der Waals surface area (Å²) < 4.78 is 18.6. The Morgan fingerprint density at radius 1 is 1.50 bits per heavy atom. The van der Waals surface area contributed by atoms with Crippen molar-refractivity contribution in [2.75, 3.05) is 19.0 Å². The summed E-state index contributed by atoms with van der Waals surface area (Å²) in [5.74, 6) is -1.26. The van der Waals surface area contributed by atoms with Crippen molar-refractivity contribution in [2.24, 2.45) is 0 Å². The topological polar surface area (TPSA) is 78.9 Å². The molecular formula is C13H15FN2O4. The van der Waals surface area contributed by atoms with Gasteiger partial charge in [0.2, 0.25) is 0 Å². The molecule has 1 aliphatic heterocycles. The molecule has 2 N–H and O–H groups in total. The summed E-state index contributed by atoms with van der Waals surface area (Å²) in [5, 5.41) is 11.4. The minimum absolute atomic E-state index is 0.0367. The van der Waals surface area contributed by atoms with E-state index in [0.717, 1.165) is 0 Å². The van der Waals surface area contributed by atoms with Gasteiger partial charge in [-0.15, -0.1) is 0 Å². The number of hydrogen-bond acceptors (Lipinski definition) is 3. The maximum Gasteiger partial charge on any atom is 0.326 e. The predicted molar refractivity (Wildman–Crippen MR) is 69.3 cm³/mol. The summed E-state index contributed by atoms with van der Waals surface area (Å²) in [6.07, 6.45) is 1.02. The lowest BCUT2D eigenvalue weighted by Gasteiger charge is -2.22. The van der Waals surface area contributed by atoms with Crippen LogP contribution in [0.25, 0.3) is 0 Å². The number of rotatable bonds is 3. The van der Waals surface area contributed by atoms with Crippen LogP contribution in [-0.4, -0.2) is 41.7 Å². The number of benzene rings is 1. The zero-order valence-corrected chi connectivity index (χ0v) is 10.9. The number of likely N-dealkylation sites (tertiary alicyclic amines) is 1. The lowest BCUT2D eigenvalue weighted by molar-refractivity contribution is -0.141. The van der Waals surface area contributed by atoms with Gasteiger partial charge in [-0.25, -0.2) is 14.0 Å². The molecule has 108 valence electrons. The normalized spacial score (nSPS) is 17.9. The number of halogens is 1. The smallest absolute Gasteiger partial charge is 0.326 e. The molecule has 1 atom stereocenters. The molecule has 0 spiro atoms. The Balaban J connectivity index is 2.13. The Morgan fingerprint density at radius 2 is 2.25 bits per heavy atom. The van der Waals surface area contributed by atoms with Crippen molar-refractivity contribution in [3.8, 4) is 5.75 Å². The van der Waals surface area contributed by atoms with Crippen molar-refractivity contribution in [3.05, 3.63) is 24.0 Å². The first-order valence-corrected chi connectivity index (χ1v) is 6.17. The van der Waals surface area contributed by atoms with Gasteiger partial charge in [-0.05, 0) is 25.0 Å². The average molecular weight is 282 g/mol. The van der Waals surface area contributed by atoms with E-state index < -0.39 is 23.9 Å². The van der Waals surface area contributed by atoms with E-state index in [9.17, 15) is 14.0 Å². The van der Waals surface area contributed by atoms with Crippen molar-refractivity contribution in [1.82, 2.24) is 4.90 Å². The molecule has 0 radical (unpaired) electrons. The molecule has 0 aromatic heterocycles. The molecule has 1 aromatic carbocycles. The molecule has 0 aliphatic carbocycles. The van der Waals surface area contributed by atoms with Crippen molar-refractivity contribution in [1.29, 1.82) is 0 Å². The number of ether oxygens (including phenoxy) is 1. The van der Waals surface area contributed by atoms with Crippen LogP contribution in [-0.2, 0) is 4.79 Å². The van der Waals surface area contributed by atoms with Crippen LogP contribution in [0.2, 0.25) is 0 Å². The molecule has 2 amide bonds. The molecule has 1 aromatic rings. The second-order valence-corrected chi connectivity index (χ2v) is 4.47. The number of methoxy groups -OCH3 is 1. The summed E-state index contributed by atoms with van der Waals surface area (Å²) in [7, 11) is 1.43. The largest absolute Gasteiger partial charge is 0.497 e. The highest BCUT2D eigenvalue weighted by molar-refractivity contribution is 5.93. The molecule has 1 fully saturated rings. The molecule has 6 nitrogen and oxygen atoms in total. The van der Waals surface area contributed by atoms with Gasteiger partial charge in [0.15, 0.2) is 0 Å². The lowest BCUT2D eigenvalue weighted by atomic mass is 10.2. The van der Waals surface area contributed by atoms with E-state index in [1.54, 1.807) is 0 Å². The number of amides is 2. The monoisotopic (exact) mass is 282 g/mol. The minimum Gasteiger partial charge on any atom is -0.497 e. The van der Waals surface area contributed by atoms with Crippen molar-refractivity contribution < 1.29 is 23.8 Å². The molecule has 0 saturated carbocycles. The highest BCUT2D eigenvalue weighted by atomic mass is 19.1. The number of carbonyl (C=O) groups excluding carboxylic acids is 1. The van der Waals surface area contributed by atoms with Gasteiger partial charge < -0.3 is 20.1 Å². The number of urea groups is 1. The fraction of sp³-hybridized carbons (Fsp3) is 0.385. The quantitative estimate of drug-likeness (QED) is 0.887. The van der Waals surface area contributed by atoms with Crippen LogP contribution < -0.4 is 10.1 Å². The zero-order chi connectivity index (χ0) is 14.7. The van der Waals surface area contributed by atoms with Gasteiger partial charge in [0, 0.05) is 12.6 Å². The van der Waals surface area contributed by atoms with Gasteiger partial charge in [-0.3, -0.25) is 0 Å². The highest BCUT2D eigenvalue weighted by Crippen LogP contribution is 2.23. The molecule has 0 bridgehead atoms. The number of carboxylic acids is 1. The van der Waals surface area contributed by atoms with Gasteiger partial charge in [0.05, 0.1) is 12.8 Å². The number of anilines is 1. The third-order valence-corrected chi connectivity index (χ3v) is 3.21. The van der Waals surface area contributed by atoms with Crippen LogP contribution in [0.15, 0.2) is 18.2 Å². The number of hydrogen-bond donors (Lipinski definition) is 2. The third-order valence-electron chi connectivity index (χ3n) is 3.21. The van der Waals surface area contributed by atoms with Gasteiger partial charge in [0.1, 0.15) is 17.6 Å². The minimum atomic E-state index is -1.05. The van der Waals surface area contributed by atoms with Crippen LogP contribution in [0, 0.1) is 5.82 Å². The van der Waals surface area contributed by atoms with Gasteiger partial charge in [-0.2, -0.15) is 0 Å². The van der Waals surface area contributed by atoms with Crippen molar-refractivity contribution >= 4 is 17.7 Å². The fourth-order valence-corrected chi connectivity index (χ4v) is 2.18. The van der Waals surface area contributed by atoms with E-state index >= 15 is 0 Å². The lowest BCUT2D eigenvalue weighted by Crippen LogP contribution is -2.42. The van der Waals surface area contributed by atoms with Gasteiger partial charge in [-0.1, -0.05) is 0 Å². The first kappa shape index (κ1) is 14.1. The molecule has 2 rings (SSSR count). The average Bonchev–Trinajstić information content (AvgIpc) is 2.90. The maximum absolute atomic E-state index is 13.6. The molecule has 1 saturated heterocycles. The number of nitrogens with one attached hydrogen (secondary N) is 1. The summed E-state index contributed by atoms with van der Waals surface area (Å²) in [5.41, 5.74) is -0.0367. The molecule has 1 aliphatic rings. The summed E-state index contributed by atoms with van der Waals surface area (Å²) in [6.45, 7) is 0.342. The van der Waals surface area contributed by atoms with E-state index in [1.165, 1.54) is 30.2 Å². The maximum atomic E-state index is 13.6. The first-order chi connectivity index (χ1) is 9.52. The standard InChI is InChI=1S/C13H15FN2O4/c1-20-8-4-5-9(14)10(7-8)15-13(19)16-6-2-3-11(16)12(17)18/h4-5,7,11H,2-3,6H2,1H3,(H,15,19)(H,17,18)/t11-/m1/s1. The zero-order valence-electron chi connectivity index (χ0n) is 10.9. The third kappa shape index (κ3) is 2.81. The molecule has 20 heavy (non-hydrogen) atoms. The van der Waals surface area contributed by atoms with E-state index in [4.69, 9.17) is 9.84 Å². The number of carbonyl (C=O) groups is 2. The Bertz CT molecular complexity index is 535. The molecule has 1 heterocycles. The van der Waals surface area contributed by atoms with Crippen LogP contribution in [0.1, 0.15) is 12.8 Å². The summed E-state index contributed by atoms with van der Waals surface area (Å²) in [6, 6.07) is 2.47. The SMILES string of the molecule is COc1ccc(F)c(NC(=O)N2CCC[C@@H]2C(=O)O)c1. The summed E-state index contributed by atoms with van der Waals surface area (Å²) >= 11 is 0. The second-order valence-electron chi connectivity index (χ2n) is 4.47. The van der Waals surface area contributed by atoms with Crippen LogP contribution in [0.4, 0.5) is 14.9 Å². The van der Waals surface area contributed by atoms with Gasteiger partial charge >= 0.3 is 12.0 Å². The van der Waals surface area contributed by atoms with E-state index in [-0.39, 0.29) is 5.69 Å². The molecule has 0 unspecified atom stereocenters. The second kappa shape index (κ2) is 5.77. The number of carboxylic acid groups (broad SMARTS) is 1. The fourth-order valence-electron chi connectivity index (χ4n) is 2.18. The van der Waals surface area contributed by atoms with Crippen LogP contribution in [0.3, 0.4) is 0 Å². The van der Waals surface area contributed by atoms with Crippen molar-refractivity contribution in [2.45, 2.75) is 18.9 Å². The summed E-state index contributed by atoms with van der Waals surface area (Å²) in [4.78, 5) is 24.2. The molecule has 7 heteroatoms. The molecular weight excluding hydrogens is 267 g/mol. The first-order valence-electron chi connectivity index (χ1n) is 6.17. The van der Waals surface area contributed by atoms with Gasteiger partial charge in [0.25, 0.3) is 0 Å². The Hall–Kier alpha value is -2.31. The van der Waals surface area contributed by atoms with E-state index in [0.29, 0.717) is 25.1 Å². The van der Waals surface area contributed by atoms with E-state index in [2.05, 4.69) is 5.32 Å². The van der Waals surface area contributed by atoms with Crippen molar-refractivity contribution in [3.63, 3.8) is 0 Å². The van der Waals surface area contributed by atoms with Crippen LogP contribution in [0.5, 0.6) is 5.75 Å². The predicted octanol–water partition coefficient (Wildman–Crippen LogP) is 1.92. The Labute approximate surface area is 115 Å². The number of aliphatic carboxylic acids is 1. The highest BCUT2D eigenvalue weighted by Gasteiger charge is 2.34. The van der Waals surface area contributed by atoms with Crippen LogP contribution >= 0.6 is 0 Å². The number of nitrogens with zero attached hydrogens (tertiary/aromatic N) is 1. The Morgan fingerprint density at radius 3 is 2.90 bits per heavy atom.